The molecule has 2 N–H and O–H groups in total. The van der Waals surface area contributed by atoms with E-state index in [9.17, 15) is 19.5 Å². The SMILES string of the molecule is C=CC(=O)OCC(C)(COC(=O)C=C)NC(=O)[C@H](C)OCC(C)C(C)(O)CC. The molecule has 0 aliphatic heterocycles. The standard InChI is InChI=1S/C20H33NO7/c1-8-16(22)27-12-19(6,13-28-17(23)9-2)21-18(24)15(5)26-11-14(4)20(7,25)10-3/h8-9,14-15,25H,1-2,10-13H2,3-7H3,(H,21,24)/t14?,15-,20?/m0/s1. The molecule has 0 aliphatic rings. The summed E-state index contributed by atoms with van der Waals surface area (Å²) < 4.78 is 15.6. The predicted octanol–water partition coefficient (Wildman–Crippen LogP) is 1.52. The van der Waals surface area contributed by atoms with Crippen LogP contribution in [0.2, 0.25) is 0 Å². The second-order valence-electron chi connectivity index (χ2n) is 7.26. The van der Waals surface area contributed by atoms with Gasteiger partial charge in [0.15, 0.2) is 0 Å². The van der Waals surface area contributed by atoms with Gasteiger partial charge in [-0.25, -0.2) is 9.59 Å². The van der Waals surface area contributed by atoms with E-state index in [4.69, 9.17) is 14.2 Å². The number of aliphatic hydroxyl groups is 1. The van der Waals surface area contributed by atoms with E-state index in [0.29, 0.717) is 6.42 Å². The quantitative estimate of drug-likeness (QED) is 0.357. The normalized spacial score (nSPS) is 15.5. The third-order valence-corrected chi connectivity index (χ3v) is 4.57. The highest BCUT2D eigenvalue weighted by molar-refractivity contribution is 5.83. The Labute approximate surface area is 166 Å². The molecule has 0 saturated carbocycles. The van der Waals surface area contributed by atoms with Crippen molar-refractivity contribution in [3.05, 3.63) is 25.3 Å². The van der Waals surface area contributed by atoms with Gasteiger partial charge in [-0.3, -0.25) is 4.79 Å². The van der Waals surface area contributed by atoms with Crippen LogP contribution in [0.1, 0.15) is 41.0 Å². The molecule has 2 unspecified atom stereocenters. The van der Waals surface area contributed by atoms with Crippen LogP contribution in [0.3, 0.4) is 0 Å². The maximum Gasteiger partial charge on any atom is 0.330 e. The summed E-state index contributed by atoms with van der Waals surface area (Å²) in [6.07, 6.45) is 1.70. The van der Waals surface area contributed by atoms with Crippen LogP contribution >= 0.6 is 0 Å². The van der Waals surface area contributed by atoms with E-state index in [1.54, 1.807) is 20.8 Å². The number of ether oxygens (including phenoxy) is 3. The molecule has 0 bridgehead atoms. The summed E-state index contributed by atoms with van der Waals surface area (Å²) in [6.45, 7) is 14.9. The van der Waals surface area contributed by atoms with Crippen LogP contribution in [0.5, 0.6) is 0 Å². The lowest BCUT2D eigenvalue weighted by Gasteiger charge is -2.32. The maximum atomic E-state index is 12.5. The minimum Gasteiger partial charge on any atom is -0.460 e. The van der Waals surface area contributed by atoms with Crippen LogP contribution in [-0.4, -0.2) is 60.0 Å². The molecule has 0 heterocycles. The smallest absolute Gasteiger partial charge is 0.330 e. The fraction of sp³-hybridized carbons (Fsp3) is 0.650. The van der Waals surface area contributed by atoms with Crippen molar-refractivity contribution in [3.63, 3.8) is 0 Å². The zero-order chi connectivity index (χ0) is 22.0. The first-order valence-corrected chi connectivity index (χ1v) is 9.15. The Hall–Kier alpha value is -2.19. The molecule has 160 valence electrons. The fourth-order valence-electron chi connectivity index (χ4n) is 1.98. The van der Waals surface area contributed by atoms with E-state index in [2.05, 4.69) is 18.5 Å². The van der Waals surface area contributed by atoms with Crippen molar-refractivity contribution in [1.29, 1.82) is 0 Å². The Morgan fingerprint density at radius 2 is 1.54 bits per heavy atom. The highest BCUT2D eigenvalue weighted by Gasteiger charge is 2.33. The van der Waals surface area contributed by atoms with Gasteiger partial charge in [-0.1, -0.05) is 27.0 Å². The molecular formula is C20H33NO7. The number of nitrogens with one attached hydrogen (secondary N) is 1. The van der Waals surface area contributed by atoms with Gasteiger partial charge in [-0.2, -0.15) is 0 Å². The molecule has 0 radical (unpaired) electrons. The first kappa shape index (κ1) is 25.8. The van der Waals surface area contributed by atoms with Crippen LogP contribution in [0, 0.1) is 5.92 Å². The van der Waals surface area contributed by atoms with Gasteiger partial charge in [0.05, 0.1) is 12.2 Å². The highest BCUT2D eigenvalue weighted by Crippen LogP contribution is 2.21. The maximum absolute atomic E-state index is 12.5. The molecular weight excluding hydrogens is 366 g/mol. The van der Waals surface area contributed by atoms with Crippen molar-refractivity contribution in [3.8, 4) is 0 Å². The van der Waals surface area contributed by atoms with Gasteiger partial charge >= 0.3 is 11.9 Å². The van der Waals surface area contributed by atoms with Crippen LogP contribution in [0.25, 0.3) is 0 Å². The van der Waals surface area contributed by atoms with Gasteiger partial charge in [0.2, 0.25) is 5.91 Å². The topological polar surface area (TPSA) is 111 Å². The minimum atomic E-state index is -1.17. The minimum absolute atomic E-state index is 0.179. The Morgan fingerprint density at radius 1 is 1.07 bits per heavy atom. The lowest BCUT2D eigenvalue weighted by molar-refractivity contribution is -0.149. The molecule has 1 amide bonds. The fourth-order valence-corrected chi connectivity index (χ4v) is 1.98. The number of hydrogen-bond acceptors (Lipinski definition) is 7. The monoisotopic (exact) mass is 399 g/mol. The average molecular weight is 399 g/mol. The summed E-state index contributed by atoms with van der Waals surface area (Å²) >= 11 is 0. The van der Waals surface area contributed by atoms with Crippen LogP contribution in [0.15, 0.2) is 25.3 Å². The Morgan fingerprint density at radius 3 is 1.93 bits per heavy atom. The Balaban J connectivity index is 4.94. The Kier molecular flexibility index (Phi) is 10.7. The van der Waals surface area contributed by atoms with Crippen LogP contribution in [0.4, 0.5) is 0 Å². The van der Waals surface area contributed by atoms with E-state index in [1.165, 1.54) is 0 Å². The van der Waals surface area contributed by atoms with Crippen LogP contribution in [-0.2, 0) is 28.6 Å². The first-order chi connectivity index (χ1) is 12.9. The van der Waals surface area contributed by atoms with E-state index in [1.807, 2.05) is 13.8 Å². The number of rotatable bonds is 13. The van der Waals surface area contributed by atoms with E-state index >= 15 is 0 Å². The second-order valence-corrected chi connectivity index (χ2v) is 7.26. The van der Waals surface area contributed by atoms with Crippen molar-refractivity contribution in [1.82, 2.24) is 5.32 Å². The summed E-state index contributed by atoms with van der Waals surface area (Å²) in [5.74, 6) is -2.00. The second kappa shape index (κ2) is 11.6. The molecule has 0 saturated heterocycles. The number of amides is 1. The molecule has 0 spiro atoms. The van der Waals surface area contributed by atoms with Crippen LogP contribution < -0.4 is 5.32 Å². The van der Waals surface area contributed by atoms with Crippen molar-refractivity contribution < 1.29 is 33.7 Å². The summed E-state index contributed by atoms with van der Waals surface area (Å²) in [4.78, 5) is 35.2. The predicted molar refractivity (Wildman–Crippen MR) is 104 cm³/mol. The summed E-state index contributed by atoms with van der Waals surface area (Å²) in [5, 5.41) is 12.9. The van der Waals surface area contributed by atoms with E-state index < -0.39 is 35.1 Å². The lowest BCUT2D eigenvalue weighted by atomic mass is 9.89. The molecule has 0 aromatic carbocycles. The highest BCUT2D eigenvalue weighted by atomic mass is 16.5. The number of esters is 2. The molecule has 0 fully saturated rings. The lowest BCUT2D eigenvalue weighted by Crippen LogP contribution is -2.56. The molecule has 28 heavy (non-hydrogen) atoms. The van der Waals surface area contributed by atoms with Gasteiger partial charge in [0.1, 0.15) is 24.9 Å². The zero-order valence-electron chi connectivity index (χ0n) is 17.4. The largest absolute Gasteiger partial charge is 0.460 e. The molecule has 8 heteroatoms. The summed E-state index contributed by atoms with van der Waals surface area (Å²) in [6, 6.07) is 0. The van der Waals surface area contributed by atoms with Gasteiger partial charge in [-0.05, 0) is 27.2 Å². The summed E-state index contributed by atoms with van der Waals surface area (Å²) in [5.41, 5.74) is -2.07. The third-order valence-electron chi connectivity index (χ3n) is 4.57. The molecule has 0 aromatic rings. The van der Waals surface area contributed by atoms with Crippen molar-refractivity contribution in [2.75, 3.05) is 19.8 Å². The van der Waals surface area contributed by atoms with E-state index in [0.717, 1.165) is 12.2 Å². The Bertz CT molecular complexity index is 547. The molecule has 3 atom stereocenters. The summed E-state index contributed by atoms with van der Waals surface area (Å²) in [7, 11) is 0. The molecule has 0 aliphatic carbocycles. The van der Waals surface area contributed by atoms with Crippen molar-refractivity contribution in [2.45, 2.75) is 58.3 Å². The third kappa shape index (κ3) is 9.14. The number of carbonyl (C=O) groups excluding carboxylic acids is 3. The van der Waals surface area contributed by atoms with Gasteiger partial charge in [0.25, 0.3) is 0 Å². The molecule has 0 rings (SSSR count). The van der Waals surface area contributed by atoms with Crippen molar-refractivity contribution in [2.24, 2.45) is 5.92 Å². The first-order valence-electron chi connectivity index (χ1n) is 9.15. The van der Waals surface area contributed by atoms with Gasteiger partial charge < -0.3 is 24.6 Å². The number of carbonyl (C=O) groups is 3. The van der Waals surface area contributed by atoms with Gasteiger partial charge in [-0.15, -0.1) is 0 Å². The zero-order valence-corrected chi connectivity index (χ0v) is 17.4. The number of hydrogen-bond donors (Lipinski definition) is 2. The van der Waals surface area contributed by atoms with Crippen molar-refractivity contribution >= 4 is 17.8 Å². The van der Waals surface area contributed by atoms with Gasteiger partial charge in [0, 0.05) is 18.1 Å². The molecule has 0 aromatic heterocycles. The van der Waals surface area contributed by atoms with E-state index in [-0.39, 0.29) is 25.7 Å². The average Bonchev–Trinajstić information content (AvgIpc) is 2.67. The molecule has 8 nitrogen and oxygen atoms in total.